The molecule has 3 rings (SSSR count). The zero-order valence-corrected chi connectivity index (χ0v) is 19.6. The molecule has 0 amide bonds. The molecular weight excluding hydrogens is 472 g/mol. The molecule has 0 bridgehead atoms. The van der Waals surface area contributed by atoms with Crippen LogP contribution < -0.4 is 14.2 Å². The molecule has 168 valence electrons. The average molecular weight is 493 g/mol. The predicted molar refractivity (Wildman–Crippen MR) is 128 cm³/mol. The molecule has 7 nitrogen and oxygen atoms in total. The fourth-order valence-corrected chi connectivity index (χ4v) is 4.89. The molecule has 32 heavy (non-hydrogen) atoms. The first kappa shape index (κ1) is 23.6. The van der Waals surface area contributed by atoms with Crippen LogP contribution in [0.15, 0.2) is 77.0 Å². The van der Waals surface area contributed by atoms with Crippen molar-refractivity contribution in [3.05, 3.63) is 88.3 Å². The third-order valence-electron chi connectivity index (χ3n) is 4.43. The van der Waals surface area contributed by atoms with Crippen LogP contribution in [-0.2, 0) is 20.0 Å². The van der Waals surface area contributed by atoms with Crippen LogP contribution in [0.1, 0.15) is 11.1 Å². The van der Waals surface area contributed by atoms with E-state index in [1.54, 1.807) is 55.5 Å². The highest BCUT2D eigenvalue weighted by Crippen LogP contribution is 2.28. The Morgan fingerprint density at radius 3 is 2.25 bits per heavy atom. The van der Waals surface area contributed by atoms with Crippen molar-refractivity contribution in [1.82, 2.24) is 0 Å². The fraction of sp³-hybridized carbons (Fsp3) is 0.0909. The SMILES string of the molecule is COc1ccccc1NS(=O)(=O)c1ccc(C)c(NS(=O)(=O)/C=C/c2ccc(Cl)cc2)c1. The molecule has 3 aromatic rings. The minimum Gasteiger partial charge on any atom is -0.495 e. The number of hydrogen-bond donors (Lipinski definition) is 2. The number of nitrogens with one attached hydrogen (secondary N) is 2. The van der Waals surface area contributed by atoms with E-state index in [1.807, 2.05) is 0 Å². The largest absolute Gasteiger partial charge is 0.495 e. The number of para-hydroxylation sites is 2. The highest BCUT2D eigenvalue weighted by atomic mass is 35.5. The molecule has 0 fully saturated rings. The third-order valence-corrected chi connectivity index (χ3v) is 7.05. The van der Waals surface area contributed by atoms with Crippen molar-refractivity contribution >= 4 is 49.1 Å². The summed E-state index contributed by atoms with van der Waals surface area (Å²) in [5, 5.41) is 1.54. The van der Waals surface area contributed by atoms with Gasteiger partial charge in [0.1, 0.15) is 5.75 Å². The molecule has 3 aromatic carbocycles. The molecule has 0 aliphatic rings. The van der Waals surface area contributed by atoms with Crippen molar-refractivity contribution in [1.29, 1.82) is 0 Å². The van der Waals surface area contributed by atoms with E-state index in [0.717, 1.165) is 5.41 Å². The number of ether oxygens (including phenoxy) is 1. The fourth-order valence-electron chi connectivity index (χ4n) is 2.74. The van der Waals surface area contributed by atoms with Gasteiger partial charge in [0, 0.05) is 5.02 Å². The van der Waals surface area contributed by atoms with Gasteiger partial charge in [-0.3, -0.25) is 9.44 Å². The van der Waals surface area contributed by atoms with Gasteiger partial charge in [0.2, 0.25) is 0 Å². The van der Waals surface area contributed by atoms with Crippen molar-refractivity contribution in [3.63, 3.8) is 0 Å². The lowest BCUT2D eigenvalue weighted by atomic mass is 10.2. The predicted octanol–water partition coefficient (Wildman–Crippen LogP) is 4.87. The van der Waals surface area contributed by atoms with Crippen LogP contribution in [0, 0.1) is 6.92 Å². The highest BCUT2D eigenvalue weighted by Gasteiger charge is 2.19. The van der Waals surface area contributed by atoms with E-state index >= 15 is 0 Å². The van der Waals surface area contributed by atoms with E-state index in [4.69, 9.17) is 16.3 Å². The Bertz CT molecular complexity index is 1350. The van der Waals surface area contributed by atoms with E-state index in [0.29, 0.717) is 21.9 Å². The van der Waals surface area contributed by atoms with E-state index in [-0.39, 0.29) is 16.3 Å². The van der Waals surface area contributed by atoms with E-state index in [9.17, 15) is 16.8 Å². The molecule has 0 unspecified atom stereocenters. The molecular formula is C22H21ClN2O5S2. The Balaban J connectivity index is 1.85. The van der Waals surface area contributed by atoms with Gasteiger partial charge in [-0.1, -0.05) is 41.9 Å². The van der Waals surface area contributed by atoms with Crippen LogP contribution in [0.25, 0.3) is 6.08 Å². The number of halogens is 1. The summed E-state index contributed by atoms with van der Waals surface area (Å²) in [6.07, 6.45) is 1.41. The monoisotopic (exact) mass is 492 g/mol. The topological polar surface area (TPSA) is 102 Å². The van der Waals surface area contributed by atoms with Gasteiger partial charge in [0.15, 0.2) is 0 Å². The van der Waals surface area contributed by atoms with E-state index in [2.05, 4.69) is 9.44 Å². The molecule has 0 saturated carbocycles. The van der Waals surface area contributed by atoms with Gasteiger partial charge in [0.05, 0.1) is 28.8 Å². The van der Waals surface area contributed by atoms with Gasteiger partial charge in [-0.2, -0.15) is 0 Å². The summed E-state index contributed by atoms with van der Waals surface area (Å²) < 4.78 is 60.8. The van der Waals surface area contributed by atoms with Crippen LogP contribution in [-0.4, -0.2) is 23.9 Å². The third kappa shape index (κ3) is 6.03. The maximum absolute atomic E-state index is 12.9. The molecule has 0 aromatic heterocycles. The second kappa shape index (κ2) is 9.64. The first-order valence-electron chi connectivity index (χ1n) is 9.32. The molecule has 0 spiro atoms. The second-order valence-electron chi connectivity index (χ2n) is 6.78. The smallest absolute Gasteiger partial charge is 0.262 e. The Kier molecular flexibility index (Phi) is 7.12. The first-order chi connectivity index (χ1) is 15.1. The molecule has 0 saturated heterocycles. The summed E-state index contributed by atoms with van der Waals surface area (Å²) in [5.41, 5.74) is 1.62. The van der Waals surface area contributed by atoms with Crippen LogP contribution in [0.2, 0.25) is 5.02 Å². The number of sulfonamides is 2. The maximum atomic E-state index is 12.9. The summed E-state index contributed by atoms with van der Waals surface area (Å²) in [5.74, 6) is 0.358. The molecule has 0 aliphatic carbocycles. The summed E-state index contributed by atoms with van der Waals surface area (Å²) in [7, 11) is -6.46. The van der Waals surface area contributed by atoms with Crippen LogP contribution >= 0.6 is 11.6 Å². The zero-order valence-electron chi connectivity index (χ0n) is 17.2. The molecule has 0 atom stereocenters. The molecule has 2 N–H and O–H groups in total. The molecule has 0 heterocycles. The summed E-state index contributed by atoms with van der Waals surface area (Å²) in [4.78, 5) is -0.103. The first-order valence-corrected chi connectivity index (χ1v) is 12.7. The van der Waals surface area contributed by atoms with Crippen molar-refractivity contribution in [2.75, 3.05) is 16.6 Å². The van der Waals surface area contributed by atoms with Crippen molar-refractivity contribution in [3.8, 4) is 5.75 Å². The Morgan fingerprint density at radius 1 is 0.875 bits per heavy atom. The number of methoxy groups -OCH3 is 1. The molecule has 0 aliphatic heterocycles. The number of benzene rings is 3. The normalized spacial score (nSPS) is 12.0. The Hall–Kier alpha value is -3.01. The number of aryl methyl sites for hydroxylation is 1. The quantitative estimate of drug-likeness (QED) is 0.467. The Morgan fingerprint density at radius 2 is 1.56 bits per heavy atom. The number of anilines is 2. The molecule has 10 heteroatoms. The van der Waals surface area contributed by atoms with Crippen molar-refractivity contribution in [2.45, 2.75) is 11.8 Å². The minimum atomic E-state index is -4.00. The number of rotatable bonds is 8. The lowest BCUT2D eigenvalue weighted by Crippen LogP contribution is -2.15. The summed E-state index contributed by atoms with van der Waals surface area (Å²) >= 11 is 5.83. The molecule has 0 radical (unpaired) electrons. The van der Waals surface area contributed by atoms with Crippen molar-refractivity contribution in [2.24, 2.45) is 0 Å². The average Bonchev–Trinajstić information content (AvgIpc) is 2.75. The van der Waals surface area contributed by atoms with Crippen LogP contribution in [0.4, 0.5) is 11.4 Å². The highest BCUT2D eigenvalue weighted by molar-refractivity contribution is 7.95. The lowest BCUT2D eigenvalue weighted by Gasteiger charge is -2.14. The second-order valence-corrected chi connectivity index (χ2v) is 10.5. The van der Waals surface area contributed by atoms with E-state index < -0.39 is 20.0 Å². The van der Waals surface area contributed by atoms with Gasteiger partial charge < -0.3 is 4.74 Å². The maximum Gasteiger partial charge on any atom is 0.262 e. The van der Waals surface area contributed by atoms with Crippen LogP contribution in [0.3, 0.4) is 0 Å². The number of hydrogen-bond acceptors (Lipinski definition) is 5. The van der Waals surface area contributed by atoms with E-state index in [1.165, 1.54) is 31.4 Å². The summed E-state index contributed by atoms with van der Waals surface area (Å²) in [6, 6.07) is 17.4. The van der Waals surface area contributed by atoms with Crippen molar-refractivity contribution < 1.29 is 21.6 Å². The van der Waals surface area contributed by atoms with Gasteiger partial charge >= 0.3 is 0 Å². The summed E-state index contributed by atoms with van der Waals surface area (Å²) in [6.45, 7) is 1.67. The van der Waals surface area contributed by atoms with Gasteiger partial charge in [-0.15, -0.1) is 0 Å². The lowest BCUT2D eigenvalue weighted by molar-refractivity contribution is 0.417. The zero-order chi connectivity index (χ0) is 23.4. The van der Waals surface area contributed by atoms with Crippen LogP contribution in [0.5, 0.6) is 5.75 Å². The van der Waals surface area contributed by atoms with Gasteiger partial charge in [0.25, 0.3) is 20.0 Å². The van der Waals surface area contributed by atoms with Gasteiger partial charge in [-0.05, 0) is 60.5 Å². The van der Waals surface area contributed by atoms with Gasteiger partial charge in [-0.25, -0.2) is 16.8 Å². The minimum absolute atomic E-state index is 0.103. The standard InChI is InChI=1S/C22H21ClN2O5S2/c1-16-7-12-19(32(28,29)25-20-5-3-4-6-22(20)30-2)15-21(16)24-31(26,27)14-13-17-8-10-18(23)11-9-17/h3-15,24-25H,1-2H3/b14-13+. The Labute approximate surface area is 192 Å².